The van der Waals surface area contributed by atoms with Crippen LogP contribution in [0.3, 0.4) is 0 Å². The molecule has 1 unspecified atom stereocenters. The highest BCUT2D eigenvalue weighted by Crippen LogP contribution is 2.26. The van der Waals surface area contributed by atoms with Gasteiger partial charge in [0.05, 0.1) is 6.10 Å². The Kier molecular flexibility index (Phi) is 5.83. The molecular formula is C15H23NO3. The molecule has 0 aliphatic rings. The topological polar surface area (TPSA) is 47.6 Å². The van der Waals surface area contributed by atoms with Gasteiger partial charge in [0.15, 0.2) is 6.61 Å². The van der Waals surface area contributed by atoms with E-state index in [2.05, 4.69) is 5.32 Å². The van der Waals surface area contributed by atoms with E-state index in [1.54, 1.807) is 0 Å². The summed E-state index contributed by atoms with van der Waals surface area (Å²) in [6, 6.07) is 6.14. The van der Waals surface area contributed by atoms with Gasteiger partial charge in [-0.2, -0.15) is 0 Å². The van der Waals surface area contributed by atoms with Gasteiger partial charge in [0.2, 0.25) is 0 Å². The normalized spacial score (nSPS) is 12.3. The second-order valence-corrected chi connectivity index (χ2v) is 4.88. The van der Waals surface area contributed by atoms with Crippen molar-refractivity contribution in [2.75, 3.05) is 13.7 Å². The van der Waals surface area contributed by atoms with Crippen LogP contribution in [0.1, 0.15) is 37.9 Å². The van der Waals surface area contributed by atoms with Gasteiger partial charge >= 0.3 is 5.97 Å². The number of ether oxygens (including phenoxy) is 2. The monoisotopic (exact) mass is 265 g/mol. The highest BCUT2D eigenvalue weighted by atomic mass is 16.6. The fraction of sp³-hybridized carbons (Fsp3) is 0.533. The summed E-state index contributed by atoms with van der Waals surface area (Å²) in [6.45, 7) is 7.61. The number of rotatable bonds is 6. The molecule has 106 valence electrons. The Morgan fingerprint density at radius 3 is 2.58 bits per heavy atom. The molecule has 0 saturated carbocycles. The van der Waals surface area contributed by atoms with Crippen molar-refractivity contribution in [3.05, 3.63) is 29.3 Å². The number of hydrogen-bond donors (Lipinski definition) is 1. The maximum atomic E-state index is 11.5. The van der Waals surface area contributed by atoms with E-state index in [4.69, 9.17) is 9.47 Å². The number of nitrogens with one attached hydrogen (secondary N) is 1. The Morgan fingerprint density at radius 2 is 2.00 bits per heavy atom. The summed E-state index contributed by atoms with van der Waals surface area (Å²) < 4.78 is 10.6. The third-order valence-electron chi connectivity index (χ3n) is 2.78. The van der Waals surface area contributed by atoms with Gasteiger partial charge in [0.25, 0.3) is 0 Å². The fourth-order valence-corrected chi connectivity index (χ4v) is 1.71. The van der Waals surface area contributed by atoms with Crippen LogP contribution in [0.5, 0.6) is 5.75 Å². The lowest BCUT2D eigenvalue weighted by atomic mass is 10.1. The zero-order chi connectivity index (χ0) is 14.4. The average molecular weight is 265 g/mol. The minimum absolute atomic E-state index is 0.0644. The molecule has 0 spiro atoms. The van der Waals surface area contributed by atoms with E-state index >= 15 is 0 Å². The van der Waals surface area contributed by atoms with Gasteiger partial charge in [-0.1, -0.05) is 12.1 Å². The van der Waals surface area contributed by atoms with Crippen LogP contribution < -0.4 is 10.1 Å². The summed E-state index contributed by atoms with van der Waals surface area (Å²) in [4.78, 5) is 11.5. The molecule has 1 N–H and O–H groups in total. The number of esters is 1. The first-order chi connectivity index (χ1) is 8.93. The van der Waals surface area contributed by atoms with Crippen LogP contribution in [0.25, 0.3) is 0 Å². The maximum absolute atomic E-state index is 11.5. The van der Waals surface area contributed by atoms with E-state index in [0.717, 1.165) is 16.9 Å². The van der Waals surface area contributed by atoms with E-state index in [9.17, 15) is 4.79 Å². The van der Waals surface area contributed by atoms with E-state index < -0.39 is 0 Å². The molecule has 0 aliphatic heterocycles. The Labute approximate surface area is 115 Å². The van der Waals surface area contributed by atoms with Crippen LogP contribution in [0.2, 0.25) is 0 Å². The van der Waals surface area contributed by atoms with Crippen molar-refractivity contribution < 1.29 is 14.3 Å². The van der Waals surface area contributed by atoms with Crippen molar-refractivity contribution in [2.45, 2.75) is 39.8 Å². The van der Waals surface area contributed by atoms with Crippen molar-refractivity contribution in [1.82, 2.24) is 5.32 Å². The Morgan fingerprint density at radius 1 is 1.32 bits per heavy atom. The van der Waals surface area contributed by atoms with Gasteiger partial charge in [-0.15, -0.1) is 0 Å². The van der Waals surface area contributed by atoms with Gasteiger partial charge in [-0.05, 0) is 46.4 Å². The SMILES string of the molecule is CNC(C)c1ccc(C)cc1OCC(=O)OC(C)C. The van der Waals surface area contributed by atoms with Crippen LogP contribution in [0.4, 0.5) is 0 Å². The molecular weight excluding hydrogens is 242 g/mol. The molecule has 0 aromatic heterocycles. The molecule has 0 radical (unpaired) electrons. The molecule has 0 aliphatic carbocycles. The molecule has 1 aromatic carbocycles. The maximum Gasteiger partial charge on any atom is 0.344 e. The quantitative estimate of drug-likeness (QED) is 0.803. The minimum atomic E-state index is -0.348. The Balaban J connectivity index is 2.76. The summed E-state index contributed by atoms with van der Waals surface area (Å²) in [6.07, 6.45) is -0.121. The summed E-state index contributed by atoms with van der Waals surface area (Å²) >= 11 is 0. The number of benzene rings is 1. The fourth-order valence-electron chi connectivity index (χ4n) is 1.71. The molecule has 1 aromatic rings. The van der Waals surface area contributed by atoms with E-state index in [1.807, 2.05) is 52.9 Å². The molecule has 0 bridgehead atoms. The molecule has 1 atom stereocenters. The van der Waals surface area contributed by atoms with Gasteiger partial charge < -0.3 is 14.8 Å². The zero-order valence-electron chi connectivity index (χ0n) is 12.3. The van der Waals surface area contributed by atoms with E-state index in [1.165, 1.54) is 0 Å². The zero-order valence-corrected chi connectivity index (χ0v) is 12.3. The van der Waals surface area contributed by atoms with Crippen LogP contribution in [0.15, 0.2) is 18.2 Å². The number of carbonyl (C=O) groups excluding carboxylic acids is 1. The van der Waals surface area contributed by atoms with Crippen molar-refractivity contribution in [1.29, 1.82) is 0 Å². The van der Waals surface area contributed by atoms with E-state index in [0.29, 0.717) is 0 Å². The third kappa shape index (κ3) is 4.91. The molecule has 4 heteroatoms. The Bertz CT molecular complexity index is 429. The molecule has 0 heterocycles. The predicted octanol–water partition coefficient (Wildman–Crippen LogP) is 2.61. The minimum Gasteiger partial charge on any atom is -0.482 e. The first kappa shape index (κ1) is 15.5. The average Bonchev–Trinajstić information content (AvgIpc) is 2.34. The molecule has 4 nitrogen and oxygen atoms in total. The second-order valence-electron chi connectivity index (χ2n) is 4.88. The molecule has 0 fully saturated rings. The van der Waals surface area contributed by atoms with Crippen molar-refractivity contribution >= 4 is 5.97 Å². The van der Waals surface area contributed by atoms with E-state index in [-0.39, 0.29) is 24.7 Å². The van der Waals surface area contributed by atoms with Gasteiger partial charge in [0, 0.05) is 11.6 Å². The summed E-state index contributed by atoms with van der Waals surface area (Å²) in [5.74, 6) is 0.377. The smallest absolute Gasteiger partial charge is 0.344 e. The standard InChI is InChI=1S/C15H23NO3/c1-10(2)19-15(17)9-18-14-8-11(3)6-7-13(14)12(4)16-5/h6-8,10,12,16H,9H2,1-5H3. The lowest BCUT2D eigenvalue weighted by molar-refractivity contribution is -0.149. The van der Waals surface area contributed by atoms with Crippen molar-refractivity contribution in [3.8, 4) is 5.75 Å². The number of aryl methyl sites for hydroxylation is 1. The summed E-state index contributed by atoms with van der Waals surface area (Å²) in [5, 5.41) is 3.16. The predicted molar refractivity (Wildman–Crippen MR) is 75.4 cm³/mol. The molecule has 1 rings (SSSR count). The summed E-state index contributed by atoms with van der Waals surface area (Å²) in [7, 11) is 1.89. The lowest BCUT2D eigenvalue weighted by Crippen LogP contribution is -2.20. The number of hydrogen-bond acceptors (Lipinski definition) is 4. The molecule has 19 heavy (non-hydrogen) atoms. The van der Waals surface area contributed by atoms with Crippen LogP contribution in [0, 0.1) is 6.92 Å². The van der Waals surface area contributed by atoms with Gasteiger partial charge in [-0.25, -0.2) is 4.79 Å². The Hall–Kier alpha value is -1.55. The highest BCUT2D eigenvalue weighted by molar-refractivity contribution is 5.71. The summed E-state index contributed by atoms with van der Waals surface area (Å²) in [5.41, 5.74) is 2.13. The molecule has 0 amide bonds. The van der Waals surface area contributed by atoms with Crippen molar-refractivity contribution in [2.24, 2.45) is 0 Å². The largest absolute Gasteiger partial charge is 0.482 e. The lowest BCUT2D eigenvalue weighted by Gasteiger charge is -2.17. The highest BCUT2D eigenvalue weighted by Gasteiger charge is 2.13. The van der Waals surface area contributed by atoms with Gasteiger partial charge in [0.1, 0.15) is 5.75 Å². The van der Waals surface area contributed by atoms with Crippen LogP contribution in [-0.2, 0) is 9.53 Å². The van der Waals surface area contributed by atoms with Crippen LogP contribution in [-0.4, -0.2) is 25.7 Å². The first-order valence-electron chi connectivity index (χ1n) is 6.54. The van der Waals surface area contributed by atoms with Crippen molar-refractivity contribution in [3.63, 3.8) is 0 Å². The third-order valence-corrected chi connectivity index (χ3v) is 2.78. The van der Waals surface area contributed by atoms with Crippen LogP contribution >= 0.6 is 0 Å². The molecule has 0 saturated heterocycles. The second kappa shape index (κ2) is 7.14. The number of carbonyl (C=O) groups is 1. The first-order valence-corrected chi connectivity index (χ1v) is 6.54. The van der Waals surface area contributed by atoms with Gasteiger partial charge in [-0.3, -0.25) is 0 Å².